The molecule has 25 heavy (non-hydrogen) atoms. The molecule has 132 valence electrons. The van der Waals surface area contributed by atoms with Crippen molar-refractivity contribution in [1.29, 1.82) is 0 Å². The highest BCUT2D eigenvalue weighted by Gasteiger charge is 2.15. The zero-order chi connectivity index (χ0) is 18.2. The van der Waals surface area contributed by atoms with Crippen molar-refractivity contribution >= 4 is 23.5 Å². The Kier molecular flexibility index (Phi) is 6.83. The minimum absolute atomic E-state index is 0.00605. The van der Waals surface area contributed by atoms with Gasteiger partial charge in [0.05, 0.1) is 5.56 Å². The van der Waals surface area contributed by atoms with Crippen molar-refractivity contribution in [2.45, 2.75) is 32.4 Å². The fourth-order valence-corrected chi connectivity index (χ4v) is 2.46. The molecule has 0 bridgehead atoms. The first-order chi connectivity index (χ1) is 12.0. The number of carboxylic acids is 1. The van der Waals surface area contributed by atoms with Crippen LogP contribution in [0.3, 0.4) is 0 Å². The van der Waals surface area contributed by atoms with Crippen molar-refractivity contribution in [3.05, 3.63) is 64.7 Å². The molecule has 0 spiro atoms. The third kappa shape index (κ3) is 5.80. The number of aliphatic carboxylic acids is 1. The molecule has 0 radical (unpaired) electrons. The van der Waals surface area contributed by atoms with Crippen molar-refractivity contribution in [2.24, 2.45) is 0 Å². The molecule has 0 saturated heterocycles. The summed E-state index contributed by atoms with van der Waals surface area (Å²) in [5.74, 6) is -0.734. The van der Waals surface area contributed by atoms with Crippen LogP contribution in [-0.2, 0) is 11.4 Å². The smallest absolute Gasteiger partial charge is 0.303 e. The molecule has 2 rings (SSSR count). The maximum Gasteiger partial charge on any atom is 0.303 e. The number of nitrogens with one attached hydrogen (secondary N) is 1. The highest BCUT2D eigenvalue weighted by atomic mass is 35.5. The number of halogens is 1. The number of carbonyl (C=O) groups is 2. The van der Waals surface area contributed by atoms with Gasteiger partial charge in [0, 0.05) is 23.0 Å². The van der Waals surface area contributed by atoms with Crippen LogP contribution in [0.1, 0.15) is 35.7 Å². The van der Waals surface area contributed by atoms with Crippen molar-refractivity contribution in [2.75, 3.05) is 0 Å². The first-order valence-electron chi connectivity index (χ1n) is 7.95. The Labute approximate surface area is 151 Å². The van der Waals surface area contributed by atoms with Crippen LogP contribution in [0.15, 0.2) is 48.5 Å². The SMILES string of the molecule is C[C@@H](CCC(=O)O)NC(=O)c1ccccc1OCc1ccccc1Cl. The summed E-state index contributed by atoms with van der Waals surface area (Å²) in [7, 11) is 0. The molecular weight excluding hydrogens is 342 g/mol. The van der Waals surface area contributed by atoms with Gasteiger partial charge in [-0.3, -0.25) is 9.59 Å². The van der Waals surface area contributed by atoms with E-state index < -0.39 is 5.97 Å². The Hall–Kier alpha value is -2.53. The zero-order valence-electron chi connectivity index (χ0n) is 13.9. The van der Waals surface area contributed by atoms with E-state index in [2.05, 4.69) is 5.32 Å². The molecule has 2 N–H and O–H groups in total. The van der Waals surface area contributed by atoms with Gasteiger partial charge in [0.25, 0.3) is 5.91 Å². The number of amides is 1. The van der Waals surface area contributed by atoms with E-state index in [1.165, 1.54) is 0 Å². The molecule has 0 aliphatic rings. The molecule has 0 unspecified atom stereocenters. The van der Waals surface area contributed by atoms with E-state index in [0.717, 1.165) is 5.56 Å². The van der Waals surface area contributed by atoms with Crippen LogP contribution in [0.2, 0.25) is 5.02 Å². The van der Waals surface area contributed by atoms with Crippen molar-refractivity contribution < 1.29 is 19.4 Å². The fourth-order valence-electron chi connectivity index (χ4n) is 2.26. The lowest BCUT2D eigenvalue weighted by Crippen LogP contribution is -2.33. The summed E-state index contributed by atoms with van der Waals surface area (Å²) in [4.78, 5) is 23.1. The van der Waals surface area contributed by atoms with Crippen LogP contribution >= 0.6 is 11.6 Å². The average Bonchev–Trinajstić information content (AvgIpc) is 2.59. The van der Waals surface area contributed by atoms with E-state index in [1.807, 2.05) is 18.2 Å². The van der Waals surface area contributed by atoms with Gasteiger partial charge in [-0.1, -0.05) is 41.9 Å². The Morgan fingerprint density at radius 3 is 2.56 bits per heavy atom. The molecule has 0 aliphatic heterocycles. The lowest BCUT2D eigenvalue weighted by atomic mass is 10.1. The summed E-state index contributed by atoms with van der Waals surface area (Å²) in [5, 5.41) is 12.1. The third-order valence-electron chi connectivity index (χ3n) is 3.64. The van der Waals surface area contributed by atoms with Crippen LogP contribution in [0.25, 0.3) is 0 Å². The number of para-hydroxylation sites is 1. The topological polar surface area (TPSA) is 75.6 Å². The summed E-state index contributed by atoms with van der Waals surface area (Å²) in [6, 6.07) is 14.0. The molecule has 0 saturated carbocycles. The van der Waals surface area contributed by atoms with Crippen molar-refractivity contribution in [1.82, 2.24) is 5.32 Å². The monoisotopic (exact) mass is 361 g/mol. The highest BCUT2D eigenvalue weighted by Crippen LogP contribution is 2.22. The lowest BCUT2D eigenvalue weighted by molar-refractivity contribution is -0.137. The number of hydrogen-bond donors (Lipinski definition) is 2. The summed E-state index contributed by atoms with van der Waals surface area (Å²) >= 11 is 6.11. The van der Waals surface area contributed by atoms with Gasteiger partial charge in [-0.05, 0) is 31.5 Å². The number of rotatable bonds is 8. The first kappa shape index (κ1) is 18.8. The summed E-state index contributed by atoms with van der Waals surface area (Å²) < 4.78 is 5.77. The van der Waals surface area contributed by atoms with Gasteiger partial charge in [0.1, 0.15) is 12.4 Å². The van der Waals surface area contributed by atoms with Gasteiger partial charge in [0.2, 0.25) is 0 Å². The molecule has 0 heterocycles. The number of benzene rings is 2. The van der Waals surface area contributed by atoms with Gasteiger partial charge in [0.15, 0.2) is 0 Å². The molecule has 2 aromatic carbocycles. The van der Waals surface area contributed by atoms with Crippen LogP contribution in [0.5, 0.6) is 5.75 Å². The number of ether oxygens (including phenoxy) is 1. The summed E-state index contributed by atoms with van der Waals surface area (Å²) in [6.45, 7) is 2.02. The number of hydrogen-bond acceptors (Lipinski definition) is 3. The predicted molar refractivity (Wildman–Crippen MR) is 96.0 cm³/mol. The second-order valence-corrected chi connectivity index (χ2v) is 6.09. The Morgan fingerprint density at radius 1 is 1.16 bits per heavy atom. The second-order valence-electron chi connectivity index (χ2n) is 5.68. The molecule has 1 atom stereocenters. The number of carbonyl (C=O) groups excluding carboxylic acids is 1. The fraction of sp³-hybridized carbons (Fsp3) is 0.263. The van der Waals surface area contributed by atoms with Crippen LogP contribution < -0.4 is 10.1 Å². The average molecular weight is 362 g/mol. The minimum Gasteiger partial charge on any atom is -0.488 e. The third-order valence-corrected chi connectivity index (χ3v) is 4.01. The maximum absolute atomic E-state index is 12.4. The lowest BCUT2D eigenvalue weighted by Gasteiger charge is -2.15. The Bertz CT molecular complexity index is 748. The summed E-state index contributed by atoms with van der Waals surface area (Å²) in [5.41, 5.74) is 1.23. The highest BCUT2D eigenvalue weighted by molar-refractivity contribution is 6.31. The van der Waals surface area contributed by atoms with Crippen molar-refractivity contribution in [3.8, 4) is 5.75 Å². The van der Waals surface area contributed by atoms with Crippen LogP contribution in [-0.4, -0.2) is 23.0 Å². The second kappa shape index (κ2) is 9.08. The van der Waals surface area contributed by atoms with Gasteiger partial charge in [-0.15, -0.1) is 0 Å². The van der Waals surface area contributed by atoms with E-state index in [4.69, 9.17) is 21.4 Å². The zero-order valence-corrected chi connectivity index (χ0v) is 14.6. The van der Waals surface area contributed by atoms with Crippen LogP contribution in [0.4, 0.5) is 0 Å². The molecule has 0 aliphatic carbocycles. The molecule has 6 heteroatoms. The van der Waals surface area contributed by atoms with E-state index >= 15 is 0 Å². The predicted octanol–water partition coefficient (Wildman–Crippen LogP) is 3.90. The maximum atomic E-state index is 12.4. The Morgan fingerprint density at radius 2 is 1.84 bits per heavy atom. The molecule has 0 aromatic heterocycles. The van der Waals surface area contributed by atoms with Gasteiger partial charge in [-0.25, -0.2) is 0 Å². The molecule has 2 aromatic rings. The largest absolute Gasteiger partial charge is 0.488 e. The van der Waals surface area contributed by atoms with Gasteiger partial charge < -0.3 is 15.2 Å². The summed E-state index contributed by atoms with van der Waals surface area (Å²) in [6.07, 6.45) is 0.371. The van der Waals surface area contributed by atoms with E-state index in [-0.39, 0.29) is 25.0 Å². The first-order valence-corrected chi connectivity index (χ1v) is 8.33. The number of carboxylic acid groups (broad SMARTS) is 1. The minimum atomic E-state index is -0.885. The van der Waals surface area contributed by atoms with Gasteiger partial charge >= 0.3 is 5.97 Å². The normalized spacial score (nSPS) is 11.6. The van der Waals surface area contributed by atoms with E-state index in [9.17, 15) is 9.59 Å². The molecule has 1 amide bonds. The molecular formula is C19H20ClNO4. The Balaban J connectivity index is 2.03. The van der Waals surface area contributed by atoms with Gasteiger partial charge in [-0.2, -0.15) is 0 Å². The van der Waals surface area contributed by atoms with Crippen molar-refractivity contribution in [3.63, 3.8) is 0 Å². The van der Waals surface area contributed by atoms with E-state index in [0.29, 0.717) is 22.8 Å². The molecule has 5 nitrogen and oxygen atoms in total. The molecule has 0 fully saturated rings. The quantitative estimate of drug-likeness (QED) is 0.747. The standard InChI is InChI=1S/C19H20ClNO4/c1-13(10-11-18(22)23)21-19(24)15-7-3-5-9-17(15)25-12-14-6-2-4-8-16(14)20/h2-9,13H,10-12H2,1H3,(H,21,24)(H,22,23)/t13-/m0/s1. The van der Waals surface area contributed by atoms with E-state index in [1.54, 1.807) is 37.3 Å². The van der Waals surface area contributed by atoms with Crippen LogP contribution in [0, 0.1) is 0 Å².